The monoisotopic (exact) mass is 434 g/mol. The fraction of sp³-hybridized carbons (Fsp3) is 0.320. The number of thiophene rings is 1. The van der Waals surface area contributed by atoms with Crippen LogP contribution in [0.1, 0.15) is 34.5 Å². The van der Waals surface area contributed by atoms with E-state index in [-0.39, 0.29) is 18.1 Å². The highest BCUT2D eigenvalue weighted by molar-refractivity contribution is 7.07. The van der Waals surface area contributed by atoms with Crippen molar-refractivity contribution in [3.63, 3.8) is 0 Å². The summed E-state index contributed by atoms with van der Waals surface area (Å²) < 4.78 is 12.3. The zero-order chi connectivity index (χ0) is 21.0. The fourth-order valence-electron chi connectivity index (χ4n) is 4.34. The summed E-state index contributed by atoms with van der Waals surface area (Å²) in [5, 5.41) is 7.27. The number of nitrogens with zero attached hydrogens (tertiary/aromatic N) is 1. The summed E-state index contributed by atoms with van der Waals surface area (Å²) in [6.07, 6.45) is 0.759. The van der Waals surface area contributed by atoms with Gasteiger partial charge < -0.3 is 14.8 Å². The molecule has 2 aliphatic rings. The highest BCUT2D eigenvalue weighted by Crippen LogP contribution is 2.32. The Bertz CT molecular complexity index is 1040. The Balaban J connectivity index is 1.25. The Kier molecular flexibility index (Phi) is 6.02. The van der Waals surface area contributed by atoms with Crippen LogP contribution in [-0.2, 0) is 22.5 Å². The van der Waals surface area contributed by atoms with Crippen molar-refractivity contribution in [2.75, 3.05) is 26.2 Å². The van der Waals surface area contributed by atoms with Gasteiger partial charge in [0, 0.05) is 30.8 Å². The molecule has 31 heavy (non-hydrogen) atoms. The van der Waals surface area contributed by atoms with Gasteiger partial charge in [-0.2, -0.15) is 11.3 Å². The second-order valence-electron chi connectivity index (χ2n) is 8.05. The zero-order valence-electron chi connectivity index (χ0n) is 17.3. The SMILES string of the molecule is O=C(CN1Cc2ccccc2OC(c2ccsc2)C1)NCC1OCCc2ccccc21. The van der Waals surface area contributed by atoms with E-state index in [4.69, 9.17) is 9.47 Å². The zero-order valence-corrected chi connectivity index (χ0v) is 18.1. The van der Waals surface area contributed by atoms with E-state index in [0.29, 0.717) is 32.8 Å². The molecule has 0 bridgehead atoms. The molecule has 160 valence electrons. The van der Waals surface area contributed by atoms with Crippen LogP contribution >= 0.6 is 11.3 Å². The molecular formula is C25H26N2O3S. The van der Waals surface area contributed by atoms with E-state index < -0.39 is 0 Å². The van der Waals surface area contributed by atoms with Gasteiger partial charge in [-0.15, -0.1) is 0 Å². The Morgan fingerprint density at radius 2 is 1.94 bits per heavy atom. The summed E-state index contributed by atoms with van der Waals surface area (Å²) in [5.74, 6) is 0.906. The van der Waals surface area contributed by atoms with E-state index in [1.54, 1.807) is 11.3 Å². The van der Waals surface area contributed by atoms with Gasteiger partial charge in [-0.1, -0.05) is 42.5 Å². The quantitative estimate of drug-likeness (QED) is 0.657. The molecule has 6 heteroatoms. The van der Waals surface area contributed by atoms with Crippen molar-refractivity contribution in [3.05, 3.63) is 87.6 Å². The third-order valence-electron chi connectivity index (χ3n) is 5.92. The largest absolute Gasteiger partial charge is 0.484 e. The van der Waals surface area contributed by atoms with Crippen molar-refractivity contribution in [1.29, 1.82) is 0 Å². The minimum absolute atomic E-state index is 0.00936. The van der Waals surface area contributed by atoms with Crippen LogP contribution in [0.5, 0.6) is 5.75 Å². The van der Waals surface area contributed by atoms with Gasteiger partial charge in [-0.05, 0) is 40.4 Å². The Morgan fingerprint density at radius 3 is 2.81 bits per heavy atom. The van der Waals surface area contributed by atoms with E-state index in [1.165, 1.54) is 11.1 Å². The van der Waals surface area contributed by atoms with Crippen LogP contribution < -0.4 is 10.1 Å². The average Bonchev–Trinajstić information content (AvgIpc) is 3.27. The smallest absolute Gasteiger partial charge is 0.234 e. The van der Waals surface area contributed by atoms with Crippen LogP contribution in [0.2, 0.25) is 0 Å². The lowest BCUT2D eigenvalue weighted by atomic mass is 9.97. The van der Waals surface area contributed by atoms with Crippen molar-refractivity contribution in [3.8, 4) is 5.75 Å². The maximum Gasteiger partial charge on any atom is 0.234 e. The molecule has 2 atom stereocenters. The number of amides is 1. The molecule has 1 amide bonds. The highest BCUT2D eigenvalue weighted by Gasteiger charge is 2.26. The lowest BCUT2D eigenvalue weighted by Crippen LogP contribution is -2.40. The minimum atomic E-state index is -0.0868. The minimum Gasteiger partial charge on any atom is -0.484 e. The molecule has 3 heterocycles. The first-order valence-corrected chi connectivity index (χ1v) is 11.7. The lowest BCUT2D eigenvalue weighted by Gasteiger charge is -2.27. The number of ether oxygens (including phenoxy) is 2. The predicted octanol–water partition coefficient (Wildman–Crippen LogP) is 4.11. The van der Waals surface area contributed by atoms with Gasteiger partial charge in [0.1, 0.15) is 18.0 Å². The van der Waals surface area contributed by atoms with E-state index >= 15 is 0 Å². The van der Waals surface area contributed by atoms with Crippen molar-refractivity contribution in [1.82, 2.24) is 10.2 Å². The van der Waals surface area contributed by atoms with Crippen LogP contribution in [0, 0.1) is 0 Å². The lowest BCUT2D eigenvalue weighted by molar-refractivity contribution is -0.123. The average molecular weight is 435 g/mol. The number of rotatable bonds is 5. The predicted molar refractivity (Wildman–Crippen MR) is 121 cm³/mol. The molecule has 0 saturated heterocycles. The number of para-hydroxylation sites is 1. The molecular weight excluding hydrogens is 408 g/mol. The van der Waals surface area contributed by atoms with E-state index in [0.717, 1.165) is 23.3 Å². The van der Waals surface area contributed by atoms with Gasteiger partial charge in [0.15, 0.2) is 0 Å². The number of carbonyl (C=O) groups is 1. The van der Waals surface area contributed by atoms with Crippen LogP contribution in [0.4, 0.5) is 0 Å². The topological polar surface area (TPSA) is 50.8 Å². The second kappa shape index (κ2) is 9.22. The Morgan fingerprint density at radius 1 is 1.10 bits per heavy atom. The molecule has 0 saturated carbocycles. The third kappa shape index (κ3) is 4.66. The maximum atomic E-state index is 12.8. The van der Waals surface area contributed by atoms with Gasteiger partial charge in [-0.25, -0.2) is 0 Å². The van der Waals surface area contributed by atoms with Crippen LogP contribution in [0.25, 0.3) is 0 Å². The molecule has 5 nitrogen and oxygen atoms in total. The Hall–Kier alpha value is -2.67. The van der Waals surface area contributed by atoms with Crippen molar-refractivity contribution in [2.24, 2.45) is 0 Å². The third-order valence-corrected chi connectivity index (χ3v) is 6.62. The van der Waals surface area contributed by atoms with Crippen molar-refractivity contribution >= 4 is 17.2 Å². The first-order chi connectivity index (χ1) is 15.3. The normalized spacial score (nSPS) is 20.8. The Labute approximate surface area is 186 Å². The van der Waals surface area contributed by atoms with E-state index in [9.17, 15) is 4.79 Å². The summed E-state index contributed by atoms with van der Waals surface area (Å²) in [6, 6.07) is 18.5. The second-order valence-corrected chi connectivity index (χ2v) is 8.83. The van der Waals surface area contributed by atoms with Gasteiger partial charge in [0.2, 0.25) is 5.91 Å². The molecule has 2 aliphatic heterocycles. The number of nitrogens with one attached hydrogen (secondary N) is 1. The summed E-state index contributed by atoms with van der Waals surface area (Å²) in [5.41, 5.74) is 4.76. The van der Waals surface area contributed by atoms with Crippen LogP contribution in [0.3, 0.4) is 0 Å². The van der Waals surface area contributed by atoms with Crippen LogP contribution in [-0.4, -0.2) is 37.0 Å². The fourth-order valence-corrected chi connectivity index (χ4v) is 5.05. The maximum absolute atomic E-state index is 12.8. The molecule has 0 spiro atoms. The molecule has 2 unspecified atom stereocenters. The number of benzene rings is 2. The summed E-state index contributed by atoms with van der Waals surface area (Å²) >= 11 is 1.66. The molecule has 3 aromatic rings. The highest BCUT2D eigenvalue weighted by atomic mass is 32.1. The summed E-state index contributed by atoms with van der Waals surface area (Å²) in [6.45, 7) is 2.87. The summed E-state index contributed by atoms with van der Waals surface area (Å²) in [4.78, 5) is 15.0. The van der Waals surface area contributed by atoms with E-state index in [2.05, 4.69) is 51.3 Å². The molecule has 0 aliphatic carbocycles. The molecule has 0 radical (unpaired) electrons. The van der Waals surface area contributed by atoms with Crippen molar-refractivity contribution < 1.29 is 14.3 Å². The number of carbonyl (C=O) groups excluding carboxylic acids is 1. The standard InChI is InChI=1S/C25H26N2O3S/c28-25(26-13-23-21-7-3-1-5-18(21)9-11-29-23)16-27-14-19-6-2-4-8-22(19)30-24(15-27)20-10-12-31-17-20/h1-8,10,12,17,23-24H,9,11,13-16H2,(H,26,28). The molecule has 1 N–H and O–H groups in total. The van der Waals surface area contributed by atoms with E-state index in [1.807, 2.05) is 24.3 Å². The first-order valence-electron chi connectivity index (χ1n) is 10.7. The molecule has 2 aromatic carbocycles. The van der Waals surface area contributed by atoms with Gasteiger partial charge in [0.25, 0.3) is 0 Å². The van der Waals surface area contributed by atoms with Crippen molar-refractivity contribution in [2.45, 2.75) is 25.2 Å². The summed E-state index contributed by atoms with van der Waals surface area (Å²) in [7, 11) is 0. The van der Waals surface area contributed by atoms with Gasteiger partial charge in [-0.3, -0.25) is 9.69 Å². The molecule has 1 aromatic heterocycles. The molecule has 0 fully saturated rings. The van der Waals surface area contributed by atoms with Gasteiger partial charge >= 0.3 is 0 Å². The number of hydrogen-bond donors (Lipinski definition) is 1. The molecule has 5 rings (SSSR count). The number of hydrogen-bond acceptors (Lipinski definition) is 5. The number of fused-ring (bicyclic) bond motifs is 2. The first kappa shape index (κ1) is 20.2. The van der Waals surface area contributed by atoms with Gasteiger partial charge in [0.05, 0.1) is 13.2 Å². The van der Waals surface area contributed by atoms with Crippen LogP contribution in [0.15, 0.2) is 65.4 Å².